The molecule has 1 aromatic heterocycles. The van der Waals surface area contributed by atoms with Gasteiger partial charge >= 0.3 is 0 Å². The quantitative estimate of drug-likeness (QED) is 0.526. The number of methoxy groups -OCH3 is 1. The Bertz CT molecular complexity index is 1020. The summed E-state index contributed by atoms with van der Waals surface area (Å²) >= 11 is 0. The molecule has 2 heterocycles. The second-order valence-corrected chi connectivity index (χ2v) is 9.10. The van der Waals surface area contributed by atoms with Crippen LogP contribution in [-0.2, 0) is 21.3 Å². The number of hydrogen-bond acceptors (Lipinski definition) is 7. The summed E-state index contributed by atoms with van der Waals surface area (Å²) in [5.41, 5.74) is 0.993. The maximum absolute atomic E-state index is 13.4. The van der Waals surface area contributed by atoms with Gasteiger partial charge in [-0.1, -0.05) is 12.1 Å². The molecule has 1 aliphatic heterocycles. The second kappa shape index (κ2) is 10.8. The molecule has 176 valence electrons. The molecule has 1 amide bonds. The van der Waals surface area contributed by atoms with Gasteiger partial charge in [0.05, 0.1) is 24.5 Å². The molecule has 11 heteroatoms. The van der Waals surface area contributed by atoms with Crippen LogP contribution in [0.2, 0.25) is 0 Å². The van der Waals surface area contributed by atoms with Crippen molar-refractivity contribution in [2.45, 2.75) is 25.4 Å². The average Bonchev–Trinajstić information content (AvgIpc) is 3.26. The summed E-state index contributed by atoms with van der Waals surface area (Å²) in [7, 11) is -2.40. The number of nitrogens with zero attached hydrogens (tertiary/aromatic N) is 4. The van der Waals surface area contributed by atoms with Crippen molar-refractivity contribution in [3.05, 3.63) is 36.0 Å². The number of para-hydroxylation sites is 2. The van der Waals surface area contributed by atoms with E-state index >= 15 is 0 Å². The van der Waals surface area contributed by atoms with E-state index in [0.717, 1.165) is 11.4 Å². The van der Waals surface area contributed by atoms with Gasteiger partial charge in [-0.25, -0.2) is 8.42 Å². The van der Waals surface area contributed by atoms with E-state index in [1.165, 1.54) is 22.3 Å². The monoisotopic (exact) mass is 465 g/mol. The lowest BCUT2D eigenvalue weighted by molar-refractivity contribution is 0.0933. The van der Waals surface area contributed by atoms with Gasteiger partial charge in [0.25, 0.3) is 15.9 Å². The molecule has 0 bridgehead atoms. The maximum atomic E-state index is 13.4. The van der Waals surface area contributed by atoms with Gasteiger partial charge in [0.15, 0.2) is 0 Å². The molecule has 1 aromatic carbocycles. The Kier molecular flexibility index (Phi) is 8.10. The van der Waals surface area contributed by atoms with Crippen molar-refractivity contribution in [3.63, 3.8) is 0 Å². The lowest BCUT2D eigenvalue weighted by atomic mass is 10.2. The van der Waals surface area contributed by atoms with Crippen LogP contribution in [-0.4, -0.2) is 81.5 Å². The summed E-state index contributed by atoms with van der Waals surface area (Å²) in [6.45, 7) is 6.98. The number of carbonyl (C=O) groups is 1. The lowest BCUT2D eigenvalue weighted by Gasteiger charge is -2.35. The third-order valence-electron chi connectivity index (χ3n) is 5.22. The molecule has 32 heavy (non-hydrogen) atoms. The summed E-state index contributed by atoms with van der Waals surface area (Å²) in [5.74, 6) is 0.299. The SMILES string of the molecule is CCOc1ccccc1N1CCN(S(=O)(=O)c2nn(CC)cc2C(=O)NCCOC)CC1. The molecule has 0 radical (unpaired) electrons. The molecule has 1 N–H and O–H groups in total. The van der Waals surface area contributed by atoms with Crippen molar-refractivity contribution in [2.24, 2.45) is 0 Å². The number of anilines is 1. The molecule has 0 unspecified atom stereocenters. The van der Waals surface area contributed by atoms with Crippen molar-refractivity contribution < 1.29 is 22.7 Å². The minimum atomic E-state index is -3.93. The second-order valence-electron chi connectivity index (χ2n) is 7.24. The summed E-state index contributed by atoms with van der Waals surface area (Å²) in [4.78, 5) is 14.7. The largest absolute Gasteiger partial charge is 0.492 e. The molecule has 1 aliphatic rings. The van der Waals surface area contributed by atoms with Gasteiger partial charge in [0.2, 0.25) is 5.03 Å². The zero-order chi connectivity index (χ0) is 23.1. The number of carbonyl (C=O) groups excluding carboxylic acids is 1. The first-order valence-electron chi connectivity index (χ1n) is 10.7. The number of hydrogen-bond donors (Lipinski definition) is 1. The third-order valence-corrected chi connectivity index (χ3v) is 7.05. The Labute approximate surface area is 189 Å². The van der Waals surface area contributed by atoms with Gasteiger partial charge in [0, 0.05) is 52.6 Å². The number of sulfonamides is 1. The lowest BCUT2D eigenvalue weighted by Crippen LogP contribution is -2.49. The number of benzene rings is 1. The number of piperazine rings is 1. The highest BCUT2D eigenvalue weighted by Crippen LogP contribution is 2.30. The summed E-state index contributed by atoms with van der Waals surface area (Å²) in [6.07, 6.45) is 1.48. The predicted octanol–water partition coefficient (Wildman–Crippen LogP) is 1.19. The number of aryl methyl sites for hydroxylation is 1. The first kappa shape index (κ1) is 24.0. The normalized spacial score (nSPS) is 15.0. The Hall–Kier alpha value is -2.63. The maximum Gasteiger partial charge on any atom is 0.263 e. The Morgan fingerprint density at radius 1 is 1.16 bits per heavy atom. The zero-order valence-electron chi connectivity index (χ0n) is 18.8. The molecule has 10 nitrogen and oxygen atoms in total. The fourth-order valence-corrected chi connectivity index (χ4v) is 5.08. The highest BCUT2D eigenvalue weighted by Gasteiger charge is 2.35. The number of ether oxygens (including phenoxy) is 2. The van der Waals surface area contributed by atoms with Crippen LogP contribution in [0.4, 0.5) is 5.69 Å². The molecule has 1 saturated heterocycles. The van der Waals surface area contributed by atoms with Crippen LogP contribution in [0.15, 0.2) is 35.5 Å². The van der Waals surface area contributed by atoms with Crippen molar-refractivity contribution in [1.82, 2.24) is 19.4 Å². The van der Waals surface area contributed by atoms with E-state index < -0.39 is 15.9 Å². The first-order chi connectivity index (χ1) is 15.4. The molecule has 2 aromatic rings. The van der Waals surface area contributed by atoms with Gasteiger partial charge < -0.3 is 19.7 Å². The van der Waals surface area contributed by atoms with Crippen LogP contribution in [0.1, 0.15) is 24.2 Å². The molecule has 3 rings (SSSR count). The van der Waals surface area contributed by atoms with Crippen LogP contribution in [0.5, 0.6) is 5.75 Å². The van der Waals surface area contributed by atoms with Gasteiger partial charge in [-0.15, -0.1) is 0 Å². The van der Waals surface area contributed by atoms with E-state index in [9.17, 15) is 13.2 Å². The minimum absolute atomic E-state index is 0.0482. The smallest absolute Gasteiger partial charge is 0.263 e. The van der Waals surface area contributed by atoms with E-state index in [1.54, 1.807) is 0 Å². The van der Waals surface area contributed by atoms with Crippen molar-refractivity contribution in [1.29, 1.82) is 0 Å². The van der Waals surface area contributed by atoms with E-state index in [0.29, 0.717) is 32.8 Å². The Morgan fingerprint density at radius 2 is 1.88 bits per heavy atom. The number of amides is 1. The number of nitrogens with one attached hydrogen (secondary N) is 1. The fourth-order valence-electron chi connectivity index (χ4n) is 3.56. The number of aromatic nitrogens is 2. The van der Waals surface area contributed by atoms with Crippen LogP contribution in [0.25, 0.3) is 0 Å². The molecule has 0 spiro atoms. The van der Waals surface area contributed by atoms with Gasteiger partial charge in [-0.2, -0.15) is 9.40 Å². The van der Waals surface area contributed by atoms with Crippen molar-refractivity contribution in [2.75, 3.05) is 57.9 Å². The van der Waals surface area contributed by atoms with Crippen LogP contribution < -0.4 is 15.0 Å². The van der Waals surface area contributed by atoms with E-state index in [4.69, 9.17) is 9.47 Å². The average molecular weight is 466 g/mol. The molecule has 1 fully saturated rings. The highest BCUT2D eigenvalue weighted by atomic mass is 32.2. The van der Waals surface area contributed by atoms with Gasteiger partial charge in [0.1, 0.15) is 5.75 Å². The van der Waals surface area contributed by atoms with E-state index in [1.807, 2.05) is 38.1 Å². The van der Waals surface area contributed by atoms with Crippen molar-refractivity contribution in [3.8, 4) is 5.75 Å². The highest BCUT2D eigenvalue weighted by molar-refractivity contribution is 7.89. The number of rotatable bonds is 10. The Morgan fingerprint density at radius 3 is 2.53 bits per heavy atom. The van der Waals surface area contributed by atoms with Crippen LogP contribution in [0.3, 0.4) is 0 Å². The molecular weight excluding hydrogens is 434 g/mol. The molecule has 0 aliphatic carbocycles. The Balaban J connectivity index is 1.77. The fraction of sp³-hybridized carbons (Fsp3) is 0.524. The topological polar surface area (TPSA) is 106 Å². The van der Waals surface area contributed by atoms with Crippen LogP contribution in [0, 0.1) is 0 Å². The molecule has 0 saturated carbocycles. The van der Waals surface area contributed by atoms with Crippen molar-refractivity contribution >= 4 is 21.6 Å². The van der Waals surface area contributed by atoms with E-state index in [2.05, 4.69) is 15.3 Å². The summed E-state index contributed by atoms with van der Waals surface area (Å²) in [5, 5.41) is 6.67. The first-order valence-corrected chi connectivity index (χ1v) is 12.2. The van der Waals surface area contributed by atoms with Crippen LogP contribution >= 0.6 is 0 Å². The van der Waals surface area contributed by atoms with Gasteiger partial charge in [-0.3, -0.25) is 9.48 Å². The van der Waals surface area contributed by atoms with Gasteiger partial charge in [-0.05, 0) is 26.0 Å². The zero-order valence-corrected chi connectivity index (χ0v) is 19.6. The molecule has 0 atom stereocenters. The summed E-state index contributed by atoms with van der Waals surface area (Å²) < 4.78 is 40.3. The van der Waals surface area contributed by atoms with E-state index in [-0.39, 0.29) is 30.2 Å². The third kappa shape index (κ3) is 5.22. The predicted molar refractivity (Wildman–Crippen MR) is 121 cm³/mol. The molecular formula is C21H31N5O5S. The standard InChI is InChI=1S/C21H31N5O5S/c1-4-25-16-17(20(27)22-10-15-30-3)21(23-25)32(28,29)26-13-11-24(12-14-26)18-8-6-7-9-19(18)31-5-2/h6-9,16H,4-5,10-15H2,1-3H3,(H,22,27). The summed E-state index contributed by atoms with van der Waals surface area (Å²) in [6, 6.07) is 7.74. The minimum Gasteiger partial charge on any atom is -0.492 e.